The fourth-order valence-corrected chi connectivity index (χ4v) is 6.27. The van der Waals surface area contributed by atoms with Crippen LogP contribution in [0.4, 0.5) is 25.0 Å². The summed E-state index contributed by atoms with van der Waals surface area (Å²) in [4.78, 5) is 42.7. The van der Waals surface area contributed by atoms with E-state index >= 15 is 0 Å². The molecule has 0 radical (unpaired) electrons. The molecule has 210 valence electrons. The number of alkyl halides is 2. The van der Waals surface area contributed by atoms with Gasteiger partial charge in [-0.15, -0.1) is 0 Å². The van der Waals surface area contributed by atoms with E-state index in [1.165, 1.54) is 35.2 Å². The number of hydrogen-bond donors (Lipinski definition) is 2. The van der Waals surface area contributed by atoms with Crippen molar-refractivity contribution in [2.45, 2.75) is 45.1 Å². The van der Waals surface area contributed by atoms with Crippen molar-refractivity contribution < 1.29 is 28.3 Å². The molecule has 0 aliphatic carbocycles. The Kier molecular flexibility index (Phi) is 8.04. The molecular formula is C26H25Cl4F2N3O4. The Morgan fingerprint density at radius 1 is 1.08 bits per heavy atom. The summed E-state index contributed by atoms with van der Waals surface area (Å²) in [5.41, 5.74) is -0.449. The van der Waals surface area contributed by atoms with E-state index in [-0.39, 0.29) is 43.6 Å². The van der Waals surface area contributed by atoms with E-state index in [1.54, 1.807) is 0 Å². The maximum atomic E-state index is 14.8. The van der Waals surface area contributed by atoms with Gasteiger partial charge in [0.15, 0.2) is 0 Å². The first-order valence-electron chi connectivity index (χ1n) is 11.9. The summed E-state index contributed by atoms with van der Waals surface area (Å²) in [6, 6.07) is 4.58. The number of rotatable bonds is 4. The minimum absolute atomic E-state index is 0.0489. The molecule has 0 aromatic heterocycles. The minimum Gasteiger partial charge on any atom is -0.481 e. The largest absolute Gasteiger partial charge is 0.481 e. The highest BCUT2D eigenvalue weighted by Crippen LogP contribution is 2.47. The van der Waals surface area contributed by atoms with Crippen LogP contribution in [-0.4, -0.2) is 53.0 Å². The van der Waals surface area contributed by atoms with Crippen LogP contribution in [0.5, 0.6) is 0 Å². The van der Waals surface area contributed by atoms with E-state index in [9.17, 15) is 28.3 Å². The zero-order valence-corrected chi connectivity index (χ0v) is 24.1. The lowest BCUT2D eigenvalue weighted by atomic mass is 9.77. The van der Waals surface area contributed by atoms with Gasteiger partial charge in [0, 0.05) is 33.7 Å². The number of urea groups is 1. The smallest absolute Gasteiger partial charge is 0.322 e. The lowest BCUT2D eigenvalue weighted by Crippen LogP contribution is -2.54. The number of fused-ring (bicyclic) bond motifs is 2. The SMILES string of the molecule is CC(C)(C)CN(C(=O)[C@H]1[C@@H](C(=O)O)c2cc(Cl)cc(Cl)c2NC(=O)N2CC(F)(F)C[C@@H]12)c1cc(Cl)cc(Cl)c1. The second kappa shape index (κ2) is 10.6. The molecule has 2 aromatic carbocycles. The molecule has 3 atom stereocenters. The van der Waals surface area contributed by atoms with Crippen LogP contribution in [0.1, 0.15) is 38.7 Å². The molecule has 2 heterocycles. The highest BCUT2D eigenvalue weighted by atomic mass is 35.5. The van der Waals surface area contributed by atoms with Crippen molar-refractivity contribution in [1.82, 2.24) is 4.90 Å². The molecular weight excluding hydrogens is 598 g/mol. The third-order valence-electron chi connectivity index (χ3n) is 6.61. The average Bonchev–Trinajstić information content (AvgIpc) is 3.09. The number of amides is 3. The Bertz CT molecular complexity index is 1330. The third-order valence-corrected chi connectivity index (χ3v) is 7.56. The Labute approximate surface area is 243 Å². The van der Waals surface area contributed by atoms with Crippen LogP contribution < -0.4 is 10.2 Å². The second-order valence-electron chi connectivity index (χ2n) is 11.0. The van der Waals surface area contributed by atoms with Crippen LogP contribution >= 0.6 is 46.4 Å². The lowest BCUT2D eigenvalue weighted by Gasteiger charge is -2.40. The van der Waals surface area contributed by atoms with Gasteiger partial charge in [-0.2, -0.15) is 0 Å². The molecule has 0 saturated carbocycles. The Balaban J connectivity index is 1.99. The molecule has 7 nitrogen and oxygen atoms in total. The number of halogens is 6. The fourth-order valence-electron chi connectivity index (χ4n) is 5.20. The Hall–Kier alpha value is -2.33. The highest BCUT2D eigenvalue weighted by Gasteiger charge is 2.57. The van der Waals surface area contributed by atoms with Crippen molar-refractivity contribution in [2.75, 3.05) is 23.3 Å². The number of carbonyl (C=O) groups is 3. The number of nitrogens with one attached hydrogen (secondary N) is 1. The van der Waals surface area contributed by atoms with Gasteiger partial charge in [0.2, 0.25) is 5.91 Å². The number of carboxylic acid groups (broad SMARTS) is 1. The van der Waals surface area contributed by atoms with Crippen LogP contribution in [0.25, 0.3) is 0 Å². The summed E-state index contributed by atoms with van der Waals surface area (Å²) in [6.07, 6.45) is -0.913. The predicted octanol–water partition coefficient (Wildman–Crippen LogP) is 7.42. The summed E-state index contributed by atoms with van der Waals surface area (Å²) >= 11 is 25.0. The molecule has 2 aromatic rings. The summed E-state index contributed by atoms with van der Waals surface area (Å²) < 4.78 is 29.7. The molecule has 1 saturated heterocycles. The predicted molar refractivity (Wildman–Crippen MR) is 148 cm³/mol. The van der Waals surface area contributed by atoms with Gasteiger partial charge in [0.05, 0.1) is 35.1 Å². The summed E-state index contributed by atoms with van der Waals surface area (Å²) in [5, 5.41) is 13.3. The first kappa shape index (κ1) is 29.6. The fraction of sp³-hybridized carbons (Fsp3) is 0.423. The van der Waals surface area contributed by atoms with Gasteiger partial charge in [-0.3, -0.25) is 9.59 Å². The number of carboxylic acids is 1. The zero-order valence-electron chi connectivity index (χ0n) is 21.1. The van der Waals surface area contributed by atoms with Crippen molar-refractivity contribution in [3.63, 3.8) is 0 Å². The third kappa shape index (κ3) is 6.21. The van der Waals surface area contributed by atoms with Crippen LogP contribution in [0, 0.1) is 11.3 Å². The lowest BCUT2D eigenvalue weighted by molar-refractivity contribution is -0.144. The van der Waals surface area contributed by atoms with Crippen LogP contribution in [0.2, 0.25) is 20.1 Å². The summed E-state index contributed by atoms with van der Waals surface area (Å²) in [5.74, 6) is -8.96. The topological polar surface area (TPSA) is 90.0 Å². The van der Waals surface area contributed by atoms with Gasteiger partial charge in [0.1, 0.15) is 0 Å². The standard InChI is InChI=1S/C26H25Cl4F2N3O4/c1-25(2,3)10-34(15-5-12(27)4-13(28)6-15)22(36)20-18-9-26(31,32)11-35(18)24(39)33-21-16(19(20)23(37)38)7-14(29)8-17(21)30/h4-8,18-20H,9-11H2,1-3H3,(H,33,39)(H,37,38)/t18-,19-,20+/m0/s1. The number of anilines is 2. The zero-order chi connectivity index (χ0) is 29.0. The molecule has 0 spiro atoms. The Morgan fingerprint density at radius 3 is 2.23 bits per heavy atom. The molecule has 13 heteroatoms. The van der Waals surface area contributed by atoms with Gasteiger partial charge < -0.3 is 20.2 Å². The molecule has 2 aliphatic heterocycles. The first-order chi connectivity index (χ1) is 18.0. The molecule has 0 unspecified atom stereocenters. The number of aliphatic carboxylic acids is 1. The van der Waals surface area contributed by atoms with Gasteiger partial charge >= 0.3 is 12.0 Å². The van der Waals surface area contributed by atoms with Crippen molar-refractivity contribution >= 4 is 75.7 Å². The average molecular weight is 623 g/mol. The van der Waals surface area contributed by atoms with Crippen LogP contribution in [0.15, 0.2) is 30.3 Å². The van der Waals surface area contributed by atoms with E-state index in [1.807, 2.05) is 20.8 Å². The molecule has 39 heavy (non-hydrogen) atoms. The number of benzene rings is 2. The molecule has 3 amide bonds. The van der Waals surface area contributed by atoms with Crippen molar-refractivity contribution in [3.05, 3.63) is 56.0 Å². The van der Waals surface area contributed by atoms with Gasteiger partial charge in [-0.1, -0.05) is 67.2 Å². The van der Waals surface area contributed by atoms with E-state index < -0.39 is 60.1 Å². The minimum atomic E-state index is -3.37. The number of nitrogens with zero attached hydrogens (tertiary/aromatic N) is 2. The van der Waals surface area contributed by atoms with E-state index in [2.05, 4.69) is 5.32 Å². The van der Waals surface area contributed by atoms with Gasteiger partial charge in [-0.25, -0.2) is 13.6 Å². The molecule has 2 N–H and O–H groups in total. The van der Waals surface area contributed by atoms with E-state index in [0.717, 1.165) is 4.90 Å². The van der Waals surface area contributed by atoms with Crippen molar-refractivity contribution in [1.29, 1.82) is 0 Å². The van der Waals surface area contributed by atoms with Crippen molar-refractivity contribution in [2.24, 2.45) is 11.3 Å². The monoisotopic (exact) mass is 621 g/mol. The number of carbonyl (C=O) groups excluding carboxylic acids is 2. The maximum Gasteiger partial charge on any atom is 0.322 e. The van der Waals surface area contributed by atoms with E-state index in [4.69, 9.17) is 46.4 Å². The van der Waals surface area contributed by atoms with Crippen molar-refractivity contribution in [3.8, 4) is 0 Å². The molecule has 1 fully saturated rings. The Morgan fingerprint density at radius 2 is 1.67 bits per heavy atom. The maximum absolute atomic E-state index is 14.8. The number of hydrogen-bond acceptors (Lipinski definition) is 3. The normalized spacial score (nSPS) is 22.3. The second-order valence-corrected chi connectivity index (χ2v) is 12.7. The van der Waals surface area contributed by atoms with Gasteiger partial charge in [0.25, 0.3) is 5.92 Å². The highest BCUT2D eigenvalue weighted by molar-refractivity contribution is 6.37. The molecule has 4 rings (SSSR count). The molecule has 2 aliphatic rings. The quantitative estimate of drug-likeness (QED) is 0.371. The van der Waals surface area contributed by atoms with E-state index in [0.29, 0.717) is 0 Å². The first-order valence-corrected chi connectivity index (χ1v) is 13.4. The van der Waals surface area contributed by atoms with Gasteiger partial charge in [-0.05, 0) is 41.3 Å². The molecule has 0 bridgehead atoms. The van der Waals surface area contributed by atoms with Crippen LogP contribution in [-0.2, 0) is 9.59 Å². The summed E-state index contributed by atoms with van der Waals surface area (Å²) in [7, 11) is 0. The summed E-state index contributed by atoms with van der Waals surface area (Å²) in [6.45, 7) is 4.62. The van der Waals surface area contributed by atoms with Crippen LogP contribution in [0.3, 0.4) is 0 Å².